The number of carbonyl (C=O) groups is 3. The summed E-state index contributed by atoms with van der Waals surface area (Å²) < 4.78 is 16.5. The molecule has 0 aliphatic carbocycles. The number of anilines is 2. The Balaban J connectivity index is 1.28. The molecule has 8 heteroatoms. The van der Waals surface area contributed by atoms with E-state index in [4.69, 9.17) is 13.9 Å². The molecule has 1 aliphatic heterocycles. The van der Waals surface area contributed by atoms with Gasteiger partial charge in [0.2, 0.25) is 5.91 Å². The van der Waals surface area contributed by atoms with Gasteiger partial charge in [0.1, 0.15) is 16.9 Å². The number of ether oxygens (including phenoxy) is 2. The molecule has 3 aromatic carbocycles. The average molecular weight is 458 g/mol. The highest BCUT2D eigenvalue weighted by Gasteiger charge is 2.23. The summed E-state index contributed by atoms with van der Waals surface area (Å²) in [6.07, 6.45) is 1.29. The number of nitrogens with zero attached hydrogens (tertiary/aromatic N) is 1. The van der Waals surface area contributed by atoms with Crippen molar-refractivity contribution < 1.29 is 28.3 Å². The molecule has 1 N–H and O–H groups in total. The summed E-state index contributed by atoms with van der Waals surface area (Å²) in [7, 11) is 1.51. The van der Waals surface area contributed by atoms with E-state index in [9.17, 15) is 14.4 Å². The summed E-state index contributed by atoms with van der Waals surface area (Å²) in [5.74, 6) is -0.682. The number of methoxy groups -OCH3 is 1. The van der Waals surface area contributed by atoms with Gasteiger partial charge in [-0.25, -0.2) is 4.79 Å². The second kappa shape index (κ2) is 8.90. The number of carbonyl (C=O) groups excluding carboxylic acids is 3. The highest BCUT2D eigenvalue weighted by molar-refractivity contribution is 6.08. The Bertz CT molecular complexity index is 1420. The van der Waals surface area contributed by atoms with Crippen molar-refractivity contribution in [1.82, 2.24) is 0 Å². The van der Waals surface area contributed by atoms with Gasteiger partial charge in [0.05, 0.1) is 18.4 Å². The molecule has 34 heavy (non-hydrogen) atoms. The van der Waals surface area contributed by atoms with Crippen molar-refractivity contribution in [3.8, 4) is 5.75 Å². The smallest absolute Gasteiger partial charge is 0.338 e. The first-order chi connectivity index (χ1) is 16.5. The van der Waals surface area contributed by atoms with E-state index in [1.54, 1.807) is 41.3 Å². The Morgan fingerprint density at radius 2 is 1.88 bits per heavy atom. The van der Waals surface area contributed by atoms with E-state index in [-0.39, 0.29) is 11.5 Å². The van der Waals surface area contributed by atoms with Crippen LogP contribution < -0.4 is 15.0 Å². The molecule has 1 fully saturated rings. The first-order valence-corrected chi connectivity index (χ1v) is 10.9. The third-order valence-corrected chi connectivity index (χ3v) is 5.77. The number of esters is 1. The number of hydrogen-bond acceptors (Lipinski definition) is 6. The quantitative estimate of drug-likeness (QED) is 0.427. The molecule has 0 radical (unpaired) electrons. The Kier molecular flexibility index (Phi) is 5.63. The topological polar surface area (TPSA) is 98.1 Å². The highest BCUT2D eigenvalue weighted by Crippen LogP contribution is 2.36. The second-order valence-electron chi connectivity index (χ2n) is 7.97. The van der Waals surface area contributed by atoms with Crippen LogP contribution in [0.2, 0.25) is 0 Å². The molecule has 0 saturated carbocycles. The van der Waals surface area contributed by atoms with E-state index in [0.717, 1.165) is 22.8 Å². The van der Waals surface area contributed by atoms with Crippen molar-refractivity contribution in [2.45, 2.75) is 12.8 Å². The number of nitrogens with one attached hydrogen (secondary N) is 1. The number of rotatable bonds is 6. The Labute approximate surface area is 195 Å². The molecule has 1 saturated heterocycles. The Morgan fingerprint density at radius 3 is 2.68 bits per heavy atom. The van der Waals surface area contributed by atoms with Crippen LogP contribution in [-0.2, 0) is 14.3 Å². The molecule has 4 aromatic rings. The van der Waals surface area contributed by atoms with Gasteiger partial charge in [-0.1, -0.05) is 24.3 Å². The van der Waals surface area contributed by atoms with Crippen molar-refractivity contribution in [3.05, 3.63) is 66.2 Å². The molecule has 0 spiro atoms. The molecular weight excluding hydrogens is 436 g/mol. The number of benzene rings is 3. The normalized spacial score (nSPS) is 13.4. The maximum atomic E-state index is 12.5. The van der Waals surface area contributed by atoms with Crippen LogP contribution in [0.15, 0.2) is 65.1 Å². The fraction of sp³-hybridized carbons (Fsp3) is 0.192. The van der Waals surface area contributed by atoms with Crippen molar-refractivity contribution >= 4 is 51.1 Å². The zero-order valence-corrected chi connectivity index (χ0v) is 18.5. The van der Waals surface area contributed by atoms with Gasteiger partial charge in [0, 0.05) is 35.5 Å². The maximum Gasteiger partial charge on any atom is 0.338 e. The Morgan fingerprint density at radius 1 is 1.03 bits per heavy atom. The van der Waals surface area contributed by atoms with Gasteiger partial charge < -0.3 is 24.1 Å². The first-order valence-electron chi connectivity index (χ1n) is 10.9. The Hall–Kier alpha value is -4.33. The van der Waals surface area contributed by atoms with Gasteiger partial charge in [-0.15, -0.1) is 0 Å². The molecule has 2 amide bonds. The number of furan rings is 1. The minimum atomic E-state index is -0.650. The lowest BCUT2D eigenvalue weighted by Crippen LogP contribution is -2.24. The van der Waals surface area contributed by atoms with Gasteiger partial charge in [0.25, 0.3) is 5.91 Å². The summed E-state index contributed by atoms with van der Waals surface area (Å²) >= 11 is 0. The number of hydrogen-bond donors (Lipinski definition) is 1. The number of para-hydroxylation sites is 1. The lowest BCUT2D eigenvalue weighted by atomic mass is 10.1. The molecule has 1 aliphatic rings. The summed E-state index contributed by atoms with van der Waals surface area (Å²) in [6, 6.07) is 17.8. The zero-order chi connectivity index (χ0) is 23.7. The van der Waals surface area contributed by atoms with E-state index in [1.807, 2.05) is 24.3 Å². The van der Waals surface area contributed by atoms with Crippen molar-refractivity contribution in [1.29, 1.82) is 0 Å². The SMILES string of the molecule is COc1cc2c(cc1NC(=O)COC(=O)c1cccc(N3CCCC3=O)c1)oc1ccccc12. The van der Waals surface area contributed by atoms with Crippen molar-refractivity contribution in [2.75, 3.05) is 30.5 Å². The molecule has 0 bridgehead atoms. The molecule has 8 nitrogen and oxygen atoms in total. The van der Waals surface area contributed by atoms with E-state index in [2.05, 4.69) is 5.32 Å². The molecule has 5 rings (SSSR count). The van der Waals surface area contributed by atoms with E-state index in [0.29, 0.717) is 35.7 Å². The largest absolute Gasteiger partial charge is 0.495 e. The fourth-order valence-corrected chi connectivity index (χ4v) is 4.14. The third kappa shape index (κ3) is 4.05. The molecule has 2 heterocycles. The van der Waals surface area contributed by atoms with Crippen LogP contribution in [0, 0.1) is 0 Å². The van der Waals surface area contributed by atoms with Crippen LogP contribution in [0.25, 0.3) is 21.9 Å². The van der Waals surface area contributed by atoms with Crippen molar-refractivity contribution in [3.63, 3.8) is 0 Å². The number of amides is 2. The standard InChI is InChI=1S/C26H22N2O6/c1-32-23-13-19-18-8-2-3-9-21(18)34-22(19)14-20(23)27-24(29)15-33-26(31)16-6-4-7-17(12-16)28-11-5-10-25(28)30/h2-4,6-9,12-14H,5,10-11,15H2,1H3,(H,27,29). The van der Waals surface area contributed by atoms with Crippen LogP contribution in [-0.4, -0.2) is 38.0 Å². The van der Waals surface area contributed by atoms with Gasteiger partial charge in [-0.2, -0.15) is 0 Å². The second-order valence-corrected chi connectivity index (χ2v) is 7.97. The average Bonchev–Trinajstić information content (AvgIpc) is 3.44. The summed E-state index contributed by atoms with van der Waals surface area (Å²) in [5.41, 5.74) is 2.65. The predicted octanol–water partition coefficient (Wildman–Crippen LogP) is 4.52. The van der Waals surface area contributed by atoms with Crippen LogP contribution >= 0.6 is 0 Å². The van der Waals surface area contributed by atoms with Crippen LogP contribution in [0.4, 0.5) is 11.4 Å². The first kappa shape index (κ1) is 21.5. The van der Waals surface area contributed by atoms with Crippen LogP contribution in [0.1, 0.15) is 23.2 Å². The summed E-state index contributed by atoms with van der Waals surface area (Å²) in [6.45, 7) is 0.143. The molecular formula is C26H22N2O6. The monoisotopic (exact) mass is 458 g/mol. The number of fused-ring (bicyclic) bond motifs is 3. The molecule has 0 unspecified atom stereocenters. The maximum absolute atomic E-state index is 12.5. The third-order valence-electron chi connectivity index (χ3n) is 5.77. The lowest BCUT2D eigenvalue weighted by molar-refractivity contribution is -0.119. The van der Waals surface area contributed by atoms with Crippen LogP contribution in [0.5, 0.6) is 5.75 Å². The molecule has 0 atom stereocenters. The van der Waals surface area contributed by atoms with Gasteiger partial charge >= 0.3 is 5.97 Å². The minimum absolute atomic E-state index is 0.0280. The molecule has 1 aromatic heterocycles. The lowest BCUT2D eigenvalue weighted by Gasteiger charge is -2.16. The molecule has 172 valence electrons. The highest BCUT2D eigenvalue weighted by atomic mass is 16.5. The van der Waals surface area contributed by atoms with Gasteiger partial charge in [-0.05, 0) is 36.8 Å². The fourth-order valence-electron chi connectivity index (χ4n) is 4.14. The van der Waals surface area contributed by atoms with E-state index in [1.165, 1.54) is 7.11 Å². The zero-order valence-electron chi connectivity index (χ0n) is 18.5. The van der Waals surface area contributed by atoms with Crippen LogP contribution in [0.3, 0.4) is 0 Å². The summed E-state index contributed by atoms with van der Waals surface area (Å²) in [4.78, 5) is 38.6. The van der Waals surface area contributed by atoms with Gasteiger partial charge in [0.15, 0.2) is 6.61 Å². The predicted molar refractivity (Wildman–Crippen MR) is 127 cm³/mol. The van der Waals surface area contributed by atoms with Crippen molar-refractivity contribution in [2.24, 2.45) is 0 Å². The van der Waals surface area contributed by atoms with E-state index < -0.39 is 18.5 Å². The van der Waals surface area contributed by atoms with Gasteiger partial charge in [-0.3, -0.25) is 9.59 Å². The minimum Gasteiger partial charge on any atom is -0.495 e. The summed E-state index contributed by atoms with van der Waals surface area (Å²) in [5, 5.41) is 4.53. The van der Waals surface area contributed by atoms with E-state index >= 15 is 0 Å².